The standard InChI is InChI=1S/C29H22O3/c1-31-28(30)17-13-21-12-15-25-22(20-21)14-16-27-26(25)18-19-29(32-27,23-8-4-2-5-9-23)24-10-6-3-7-11-24/h2-20H,1H3/b17-13-. The number of fused-ring (bicyclic) bond motifs is 3. The molecule has 0 fully saturated rings. The average molecular weight is 418 g/mol. The lowest BCUT2D eigenvalue weighted by atomic mass is 9.83. The fraction of sp³-hybridized carbons (Fsp3) is 0.0690. The van der Waals surface area contributed by atoms with Crippen LogP contribution in [0.4, 0.5) is 0 Å². The number of carbonyl (C=O) groups excluding carboxylic acids is 1. The van der Waals surface area contributed by atoms with Crippen molar-refractivity contribution in [2.45, 2.75) is 5.60 Å². The Bertz CT molecular complexity index is 1300. The lowest BCUT2D eigenvalue weighted by Gasteiger charge is -2.36. The predicted octanol–water partition coefficient (Wildman–Crippen LogP) is 6.38. The highest BCUT2D eigenvalue weighted by atomic mass is 16.5. The van der Waals surface area contributed by atoms with Crippen LogP contribution < -0.4 is 4.74 Å². The van der Waals surface area contributed by atoms with Gasteiger partial charge in [-0.1, -0.05) is 78.9 Å². The van der Waals surface area contributed by atoms with Crippen LogP contribution in [0, 0.1) is 0 Å². The number of hydrogen-bond acceptors (Lipinski definition) is 3. The molecule has 0 saturated carbocycles. The number of benzene rings is 4. The van der Waals surface area contributed by atoms with E-state index in [4.69, 9.17) is 4.74 Å². The van der Waals surface area contributed by atoms with Gasteiger partial charge in [0.25, 0.3) is 0 Å². The van der Waals surface area contributed by atoms with Gasteiger partial charge in [0.1, 0.15) is 5.75 Å². The molecule has 0 atom stereocenters. The van der Waals surface area contributed by atoms with Crippen molar-refractivity contribution in [3.05, 3.63) is 125 Å². The van der Waals surface area contributed by atoms with Crippen LogP contribution in [-0.2, 0) is 15.1 Å². The summed E-state index contributed by atoms with van der Waals surface area (Å²) in [6.45, 7) is 0. The number of rotatable bonds is 4. The van der Waals surface area contributed by atoms with Crippen LogP contribution in [0.3, 0.4) is 0 Å². The Morgan fingerprint density at radius 1 is 0.875 bits per heavy atom. The van der Waals surface area contributed by atoms with Crippen LogP contribution in [-0.4, -0.2) is 13.1 Å². The molecule has 4 aromatic rings. The van der Waals surface area contributed by atoms with Gasteiger partial charge in [0.2, 0.25) is 0 Å². The van der Waals surface area contributed by atoms with Gasteiger partial charge in [-0.15, -0.1) is 0 Å². The van der Waals surface area contributed by atoms with Crippen LogP contribution >= 0.6 is 0 Å². The zero-order valence-electron chi connectivity index (χ0n) is 17.7. The molecule has 5 rings (SSSR count). The Kier molecular flexibility index (Phi) is 5.08. The average Bonchev–Trinajstić information content (AvgIpc) is 2.87. The van der Waals surface area contributed by atoms with Crippen molar-refractivity contribution < 1.29 is 14.3 Å². The molecule has 0 unspecified atom stereocenters. The Labute approximate surface area is 187 Å². The van der Waals surface area contributed by atoms with Gasteiger partial charge < -0.3 is 9.47 Å². The van der Waals surface area contributed by atoms with Crippen molar-refractivity contribution in [3.8, 4) is 5.75 Å². The highest BCUT2D eigenvalue weighted by molar-refractivity contribution is 5.96. The molecule has 0 bridgehead atoms. The molecule has 0 aromatic heterocycles. The van der Waals surface area contributed by atoms with E-state index in [-0.39, 0.29) is 5.97 Å². The van der Waals surface area contributed by atoms with Crippen LogP contribution in [0.25, 0.3) is 22.9 Å². The second-order valence-electron chi connectivity index (χ2n) is 7.72. The van der Waals surface area contributed by atoms with E-state index in [2.05, 4.69) is 59.4 Å². The monoisotopic (exact) mass is 418 g/mol. The van der Waals surface area contributed by atoms with Crippen LogP contribution in [0.5, 0.6) is 5.75 Å². The normalized spacial score (nSPS) is 14.2. The molecule has 0 amide bonds. The maximum Gasteiger partial charge on any atom is 0.330 e. The minimum Gasteiger partial charge on any atom is -0.473 e. The molecule has 32 heavy (non-hydrogen) atoms. The molecule has 1 heterocycles. The minimum atomic E-state index is -0.688. The van der Waals surface area contributed by atoms with E-state index in [0.717, 1.165) is 38.8 Å². The van der Waals surface area contributed by atoms with E-state index >= 15 is 0 Å². The Morgan fingerprint density at radius 2 is 1.56 bits per heavy atom. The molecule has 0 saturated heterocycles. The van der Waals surface area contributed by atoms with Gasteiger partial charge in [0.05, 0.1) is 7.11 Å². The second-order valence-corrected chi connectivity index (χ2v) is 7.72. The fourth-order valence-corrected chi connectivity index (χ4v) is 4.21. The first-order valence-electron chi connectivity index (χ1n) is 10.5. The third-order valence-electron chi connectivity index (χ3n) is 5.82. The topological polar surface area (TPSA) is 35.5 Å². The first-order valence-corrected chi connectivity index (χ1v) is 10.5. The molecule has 3 nitrogen and oxygen atoms in total. The molecule has 0 aliphatic carbocycles. The van der Waals surface area contributed by atoms with Gasteiger partial charge in [0.15, 0.2) is 5.60 Å². The minimum absolute atomic E-state index is 0.370. The third-order valence-corrected chi connectivity index (χ3v) is 5.82. The van der Waals surface area contributed by atoms with Crippen molar-refractivity contribution in [1.29, 1.82) is 0 Å². The van der Waals surface area contributed by atoms with E-state index in [1.807, 2.05) is 48.5 Å². The summed E-state index contributed by atoms with van der Waals surface area (Å²) >= 11 is 0. The summed E-state index contributed by atoms with van der Waals surface area (Å²) in [7, 11) is 1.37. The summed E-state index contributed by atoms with van der Waals surface area (Å²) in [5.74, 6) is 0.468. The molecule has 0 N–H and O–H groups in total. The molecule has 1 aliphatic rings. The SMILES string of the molecule is COC(=O)/C=C\c1ccc2c3c(ccc2c1)OC(c1ccccc1)(c1ccccc1)C=C3. The zero-order chi connectivity index (χ0) is 22.0. The van der Waals surface area contributed by atoms with Gasteiger partial charge in [-0.05, 0) is 46.7 Å². The van der Waals surface area contributed by atoms with Gasteiger partial charge in [-0.3, -0.25) is 0 Å². The number of hydrogen-bond donors (Lipinski definition) is 0. The molecular weight excluding hydrogens is 396 g/mol. The molecular formula is C29H22O3. The van der Waals surface area contributed by atoms with Crippen molar-refractivity contribution in [2.75, 3.05) is 7.11 Å². The third kappa shape index (κ3) is 3.48. The van der Waals surface area contributed by atoms with Crippen molar-refractivity contribution in [1.82, 2.24) is 0 Å². The Balaban J connectivity index is 1.60. The summed E-state index contributed by atoms with van der Waals surface area (Å²) < 4.78 is 11.4. The summed E-state index contributed by atoms with van der Waals surface area (Å²) in [5.41, 5.74) is 3.46. The van der Waals surface area contributed by atoms with Crippen LogP contribution in [0.1, 0.15) is 22.3 Å². The van der Waals surface area contributed by atoms with Crippen molar-refractivity contribution in [3.63, 3.8) is 0 Å². The zero-order valence-corrected chi connectivity index (χ0v) is 17.7. The van der Waals surface area contributed by atoms with E-state index in [1.54, 1.807) is 6.08 Å². The summed E-state index contributed by atoms with van der Waals surface area (Å²) in [4.78, 5) is 11.4. The predicted molar refractivity (Wildman–Crippen MR) is 128 cm³/mol. The Morgan fingerprint density at radius 3 is 2.22 bits per heavy atom. The summed E-state index contributed by atoms with van der Waals surface area (Å²) in [6, 6.07) is 30.8. The molecule has 0 radical (unpaired) electrons. The second kappa shape index (κ2) is 8.20. The largest absolute Gasteiger partial charge is 0.473 e. The highest BCUT2D eigenvalue weighted by Gasteiger charge is 2.37. The van der Waals surface area contributed by atoms with Crippen molar-refractivity contribution >= 4 is 28.9 Å². The van der Waals surface area contributed by atoms with Crippen molar-refractivity contribution in [2.24, 2.45) is 0 Å². The molecule has 0 spiro atoms. The van der Waals surface area contributed by atoms with E-state index in [0.29, 0.717) is 0 Å². The molecule has 156 valence electrons. The quantitative estimate of drug-likeness (QED) is 0.285. The number of carbonyl (C=O) groups is 1. The maximum absolute atomic E-state index is 11.4. The van der Waals surface area contributed by atoms with Gasteiger partial charge in [0, 0.05) is 22.8 Å². The Hall–Kier alpha value is -4.11. The van der Waals surface area contributed by atoms with E-state index in [9.17, 15) is 4.79 Å². The van der Waals surface area contributed by atoms with Gasteiger partial charge in [-0.2, -0.15) is 0 Å². The summed E-state index contributed by atoms with van der Waals surface area (Å²) in [6.07, 6.45) is 7.49. The number of ether oxygens (including phenoxy) is 2. The molecule has 1 aliphatic heterocycles. The molecule has 4 aromatic carbocycles. The van der Waals surface area contributed by atoms with E-state index in [1.165, 1.54) is 13.2 Å². The molecule has 3 heteroatoms. The number of methoxy groups -OCH3 is 1. The van der Waals surface area contributed by atoms with Crippen LogP contribution in [0.2, 0.25) is 0 Å². The van der Waals surface area contributed by atoms with Gasteiger partial charge in [-0.25, -0.2) is 4.79 Å². The first kappa shape index (κ1) is 19.8. The maximum atomic E-state index is 11.4. The lowest BCUT2D eigenvalue weighted by molar-refractivity contribution is -0.134. The number of esters is 1. The fourth-order valence-electron chi connectivity index (χ4n) is 4.21. The van der Waals surface area contributed by atoms with Gasteiger partial charge >= 0.3 is 5.97 Å². The highest BCUT2D eigenvalue weighted by Crippen LogP contribution is 2.44. The summed E-state index contributed by atoms with van der Waals surface area (Å²) in [5, 5.41) is 2.18. The van der Waals surface area contributed by atoms with E-state index < -0.39 is 5.60 Å². The first-order chi connectivity index (χ1) is 15.7. The smallest absolute Gasteiger partial charge is 0.330 e. The lowest BCUT2D eigenvalue weighted by Crippen LogP contribution is -2.34. The van der Waals surface area contributed by atoms with Crippen LogP contribution in [0.15, 0.2) is 103 Å².